The topological polar surface area (TPSA) is 75.3 Å². The zero-order chi connectivity index (χ0) is 23.2. The zero-order valence-electron chi connectivity index (χ0n) is 17.7. The highest BCUT2D eigenvalue weighted by atomic mass is 79.9. The summed E-state index contributed by atoms with van der Waals surface area (Å²) in [6.45, 7) is 2.04. The van der Waals surface area contributed by atoms with Crippen molar-refractivity contribution in [3.8, 4) is 5.88 Å². The second kappa shape index (κ2) is 10.4. The first-order chi connectivity index (χ1) is 16.0. The molecule has 0 spiro atoms. The van der Waals surface area contributed by atoms with E-state index >= 15 is 0 Å². The Kier molecular flexibility index (Phi) is 7.16. The van der Waals surface area contributed by atoms with E-state index in [1.54, 1.807) is 24.4 Å². The number of halogens is 1. The van der Waals surface area contributed by atoms with Crippen molar-refractivity contribution < 1.29 is 9.53 Å². The number of ether oxygens (including phenoxy) is 1. The molecule has 6 nitrogen and oxygen atoms in total. The van der Waals surface area contributed by atoms with Crippen LogP contribution < -0.4 is 20.7 Å². The molecule has 3 aromatic carbocycles. The van der Waals surface area contributed by atoms with Crippen LogP contribution in [0.15, 0.2) is 89.5 Å². The number of aromatic nitrogens is 1. The van der Waals surface area contributed by atoms with Crippen molar-refractivity contribution in [3.63, 3.8) is 0 Å². The molecule has 0 aliphatic heterocycles. The van der Waals surface area contributed by atoms with Gasteiger partial charge in [0.2, 0.25) is 5.88 Å². The first-order valence-electron chi connectivity index (χ1n) is 10.2. The molecule has 1 heterocycles. The molecule has 0 unspecified atom stereocenters. The summed E-state index contributed by atoms with van der Waals surface area (Å²) in [4.78, 5) is 16.4. The molecule has 0 fully saturated rings. The number of fused-ring (bicyclic) bond motifs is 1. The molecular weight excluding hydrogens is 500 g/mol. The summed E-state index contributed by atoms with van der Waals surface area (Å²) in [5.74, 6) is 0.237. The van der Waals surface area contributed by atoms with Gasteiger partial charge in [-0.1, -0.05) is 52.3 Å². The molecule has 0 saturated heterocycles. The Morgan fingerprint density at radius 2 is 1.58 bits per heavy atom. The van der Waals surface area contributed by atoms with Gasteiger partial charge in [-0.05, 0) is 66.5 Å². The maximum atomic E-state index is 12.2. The van der Waals surface area contributed by atoms with Crippen LogP contribution in [0.1, 0.15) is 18.5 Å². The third kappa shape index (κ3) is 6.27. The monoisotopic (exact) mass is 520 g/mol. The molecule has 0 aliphatic carbocycles. The maximum absolute atomic E-state index is 12.2. The Hall–Kier alpha value is -3.49. The van der Waals surface area contributed by atoms with Crippen LogP contribution in [0.25, 0.3) is 10.8 Å². The quantitative estimate of drug-likeness (QED) is 0.255. The molecule has 3 N–H and O–H groups in total. The minimum Gasteiger partial charge on any atom is -0.391 e. The molecule has 0 radical (unpaired) electrons. The molecule has 166 valence electrons. The van der Waals surface area contributed by atoms with Crippen LogP contribution in [0.5, 0.6) is 5.88 Å². The van der Waals surface area contributed by atoms with Crippen LogP contribution in [0.2, 0.25) is 0 Å². The first-order valence-corrected chi connectivity index (χ1v) is 11.4. The van der Waals surface area contributed by atoms with Gasteiger partial charge in [-0.15, -0.1) is 0 Å². The Morgan fingerprint density at radius 3 is 2.27 bits per heavy atom. The Labute approximate surface area is 205 Å². The molecule has 8 heteroatoms. The number of hydrogen-bond acceptors (Lipinski definition) is 4. The average molecular weight is 521 g/mol. The number of benzene rings is 3. The number of pyridine rings is 1. The van der Waals surface area contributed by atoms with E-state index in [2.05, 4.69) is 36.9 Å². The summed E-state index contributed by atoms with van der Waals surface area (Å²) < 4.78 is 6.34. The molecule has 0 saturated carbocycles. The van der Waals surface area contributed by atoms with Crippen molar-refractivity contribution in [1.82, 2.24) is 10.3 Å². The molecule has 1 atom stereocenters. The third-order valence-corrected chi connectivity index (χ3v) is 5.66. The lowest BCUT2D eigenvalue weighted by Gasteiger charge is -2.17. The highest BCUT2D eigenvalue weighted by Crippen LogP contribution is 2.20. The van der Waals surface area contributed by atoms with E-state index in [0.29, 0.717) is 10.8 Å². The van der Waals surface area contributed by atoms with Crippen LogP contribution in [0.4, 0.5) is 16.2 Å². The lowest BCUT2D eigenvalue weighted by atomic mass is 10.1. The predicted molar refractivity (Wildman–Crippen MR) is 140 cm³/mol. The van der Waals surface area contributed by atoms with Crippen LogP contribution in [0, 0.1) is 0 Å². The lowest BCUT2D eigenvalue weighted by molar-refractivity contribution is 0.213. The molecule has 1 amide bonds. The van der Waals surface area contributed by atoms with Gasteiger partial charge in [-0.25, -0.2) is 9.78 Å². The maximum Gasteiger partial charge on any atom is 0.418 e. The van der Waals surface area contributed by atoms with Gasteiger partial charge in [-0.3, -0.25) is 5.32 Å². The summed E-state index contributed by atoms with van der Waals surface area (Å²) in [6, 6.07) is 24.8. The number of thiocarbonyl (C=S) groups is 1. The standard InChI is InChI=1S/C25H21BrN4O2S/c1-16(17-6-8-20(26)9-7-17)28-24(33)29-21-10-12-22(13-11-21)30-25(31)32-23-14-18-4-2-3-5-19(18)15-27-23/h2-16H,1H3,(H,30,31)(H2,28,29,33)/t16-/m0/s1. The molecule has 0 bridgehead atoms. The fourth-order valence-electron chi connectivity index (χ4n) is 3.19. The van der Waals surface area contributed by atoms with Gasteiger partial charge in [0, 0.05) is 33.5 Å². The average Bonchev–Trinajstić information content (AvgIpc) is 2.80. The van der Waals surface area contributed by atoms with E-state index < -0.39 is 6.09 Å². The summed E-state index contributed by atoms with van der Waals surface area (Å²) >= 11 is 8.86. The Morgan fingerprint density at radius 1 is 0.939 bits per heavy atom. The Bertz CT molecular complexity index is 1280. The van der Waals surface area contributed by atoms with Crippen LogP contribution in [-0.2, 0) is 0 Å². The smallest absolute Gasteiger partial charge is 0.391 e. The normalized spacial score (nSPS) is 11.5. The van der Waals surface area contributed by atoms with Gasteiger partial charge in [-0.2, -0.15) is 0 Å². The van der Waals surface area contributed by atoms with E-state index in [1.165, 1.54) is 0 Å². The van der Waals surface area contributed by atoms with Gasteiger partial charge in [0.25, 0.3) is 0 Å². The van der Waals surface area contributed by atoms with Gasteiger partial charge < -0.3 is 15.4 Å². The van der Waals surface area contributed by atoms with E-state index in [-0.39, 0.29) is 11.9 Å². The molecule has 0 aliphatic rings. The van der Waals surface area contributed by atoms with Gasteiger partial charge >= 0.3 is 6.09 Å². The minimum absolute atomic E-state index is 0.0533. The van der Waals surface area contributed by atoms with Crippen molar-refractivity contribution in [1.29, 1.82) is 0 Å². The number of hydrogen-bond donors (Lipinski definition) is 3. The number of anilines is 2. The van der Waals surface area contributed by atoms with Crippen molar-refractivity contribution in [3.05, 3.63) is 95.1 Å². The molecular formula is C25H21BrN4O2S. The van der Waals surface area contributed by atoms with Gasteiger partial charge in [0.15, 0.2) is 5.11 Å². The highest BCUT2D eigenvalue weighted by molar-refractivity contribution is 9.10. The van der Waals surface area contributed by atoms with Crippen molar-refractivity contribution in [2.45, 2.75) is 13.0 Å². The van der Waals surface area contributed by atoms with E-state index in [0.717, 1.165) is 26.5 Å². The number of nitrogens with one attached hydrogen (secondary N) is 3. The van der Waals surface area contributed by atoms with Crippen LogP contribution >= 0.6 is 28.1 Å². The van der Waals surface area contributed by atoms with E-state index in [4.69, 9.17) is 17.0 Å². The summed E-state index contributed by atoms with van der Waals surface area (Å²) in [5, 5.41) is 11.5. The molecule has 4 aromatic rings. The Balaban J connectivity index is 1.29. The minimum atomic E-state index is -0.612. The fourth-order valence-corrected chi connectivity index (χ4v) is 3.75. The predicted octanol–water partition coefficient (Wildman–Crippen LogP) is 6.66. The van der Waals surface area contributed by atoms with Gasteiger partial charge in [0.05, 0.1) is 6.04 Å². The lowest BCUT2D eigenvalue weighted by Crippen LogP contribution is -2.30. The van der Waals surface area contributed by atoms with E-state index in [1.807, 2.05) is 67.6 Å². The summed E-state index contributed by atoms with van der Waals surface area (Å²) in [7, 11) is 0. The molecule has 33 heavy (non-hydrogen) atoms. The second-order valence-electron chi connectivity index (χ2n) is 7.33. The van der Waals surface area contributed by atoms with Gasteiger partial charge in [0.1, 0.15) is 0 Å². The fraction of sp³-hybridized carbons (Fsp3) is 0.0800. The molecule has 1 aromatic heterocycles. The number of carbonyl (C=O) groups excluding carboxylic acids is 1. The molecule has 4 rings (SSSR count). The number of nitrogens with zero attached hydrogens (tertiary/aromatic N) is 1. The SMILES string of the molecule is C[C@H](NC(=S)Nc1ccc(NC(=O)Oc2cc3ccccc3cn2)cc1)c1ccc(Br)cc1. The largest absolute Gasteiger partial charge is 0.418 e. The number of carbonyl (C=O) groups is 1. The van der Waals surface area contributed by atoms with E-state index in [9.17, 15) is 4.79 Å². The number of rotatable bonds is 5. The number of amides is 1. The van der Waals surface area contributed by atoms with Crippen molar-refractivity contribution in [2.24, 2.45) is 0 Å². The van der Waals surface area contributed by atoms with Crippen molar-refractivity contribution >= 4 is 61.5 Å². The van der Waals surface area contributed by atoms with Crippen LogP contribution in [0.3, 0.4) is 0 Å². The first kappa shape index (κ1) is 22.7. The highest BCUT2D eigenvalue weighted by Gasteiger charge is 2.09. The second-order valence-corrected chi connectivity index (χ2v) is 8.66. The van der Waals surface area contributed by atoms with Crippen molar-refractivity contribution in [2.75, 3.05) is 10.6 Å². The third-order valence-electron chi connectivity index (χ3n) is 4.91. The van der Waals surface area contributed by atoms with Crippen LogP contribution in [-0.4, -0.2) is 16.2 Å². The zero-order valence-corrected chi connectivity index (χ0v) is 20.1. The summed E-state index contributed by atoms with van der Waals surface area (Å²) in [5.41, 5.74) is 2.51. The summed E-state index contributed by atoms with van der Waals surface area (Å²) in [6.07, 6.45) is 1.06.